The van der Waals surface area contributed by atoms with E-state index in [1.54, 1.807) is 10.8 Å². The molecule has 2 aromatic rings. The Morgan fingerprint density at radius 2 is 2.10 bits per heavy atom. The van der Waals surface area contributed by atoms with Gasteiger partial charge < -0.3 is 9.13 Å². The van der Waals surface area contributed by atoms with Gasteiger partial charge in [-0.15, -0.1) is 10.2 Å². The zero-order chi connectivity index (χ0) is 14.8. The predicted molar refractivity (Wildman–Crippen MR) is 77.3 cm³/mol. The van der Waals surface area contributed by atoms with Crippen LogP contribution in [0, 0.1) is 0 Å². The van der Waals surface area contributed by atoms with Crippen LogP contribution < -0.4 is 11.2 Å². The van der Waals surface area contributed by atoms with Crippen LogP contribution in [-0.2, 0) is 26.1 Å². The second kappa shape index (κ2) is 5.67. The molecule has 1 aliphatic rings. The fourth-order valence-electron chi connectivity index (χ4n) is 2.74. The molecular weight excluding hydrogens is 270 g/mol. The van der Waals surface area contributed by atoms with Gasteiger partial charge in [-0.3, -0.25) is 9.36 Å². The Bertz CT molecular complexity index is 755. The summed E-state index contributed by atoms with van der Waals surface area (Å²) in [6.07, 6.45) is 5.52. The number of hydrogen-bond donors (Lipinski definition) is 0. The summed E-state index contributed by atoms with van der Waals surface area (Å²) in [6.45, 7) is 3.66. The summed E-state index contributed by atoms with van der Waals surface area (Å²) in [5.74, 6) is 1.65. The fourth-order valence-corrected chi connectivity index (χ4v) is 2.74. The maximum absolute atomic E-state index is 12.3. The highest BCUT2D eigenvalue weighted by Gasteiger charge is 2.17. The van der Waals surface area contributed by atoms with Gasteiger partial charge in [-0.05, 0) is 19.3 Å². The Hall–Kier alpha value is -2.18. The monoisotopic (exact) mass is 289 g/mol. The van der Waals surface area contributed by atoms with E-state index in [2.05, 4.69) is 10.2 Å². The molecule has 3 heterocycles. The standard InChI is InChI=1S/C14H19N5O2/c1-2-7-17-9-6-13(20)19(14(17)21)10-12-16-15-11-5-3-4-8-18(11)12/h6,9H,2-5,7-8,10H2,1H3. The highest BCUT2D eigenvalue weighted by atomic mass is 16.2. The molecule has 112 valence electrons. The highest BCUT2D eigenvalue weighted by molar-refractivity contribution is 5.00. The number of fused-ring (bicyclic) bond motifs is 1. The van der Waals surface area contributed by atoms with E-state index in [-0.39, 0.29) is 17.8 Å². The molecular formula is C14H19N5O2. The van der Waals surface area contributed by atoms with Crippen molar-refractivity contribution in [1.82, 2.24) is 23.9 Å². The first kappa shape index (κ1) is 13.8. The van der Waals surface area contributed by atoms with Crippen molar-refractivity contribution in [2.24, 2.45) is 0 Å². The molecule has 0 bridgehead atoms. The zero-order valence-electron chi connectivity index (χ0n) is 12.2. The molecule has 2 aromatic heterocycles. The van der Waals surface area contributed by atoms with Crippen molar-refractivity contribution in [1.29, 1.82) is 0 Å². The summed E-state index contributed by atoms with van der Waals surface area (Å²) in [6, 6.07) is 1.44. The van der Waals surface area contributed by atoms with Crippen molar-refractivity contribution in [3.8, 4) is 0 Å². The molecule has 0 N–H and O–H groups in total. The Kier molecular flexibility index (Phi) is 3.72. The molecule has 21 heavy (non-hydrogen) atoms. The molecule has 0 fully saturated rings. The third kappa shape index (κ3) is 2.55. The van der Waals surface area contributed by atoms with Gasteiger partial charge in [0, 0.05) is 31.8 Å². The van der Waals surface area contributed by atoms with Gasteiger partial charge in [0.2, 0.25) is 0 Å². The van der Waals surface area contributed by atoms with E-state index >= 15 is 0 Å². The van der Waals surface area contributed by atoms with Gasteiger partial charge in [-0.1, -0.05) is 6.92 Å². The van der Waals surface area contributed by atoms with Crippen LogP contribution in [0.3, 0.4) is 0 Å². The quantitative estimate of drug-likeness (QED) is 0.816. The molecule has 0 amide bonds. The molecule has 7 nitrogen and oxygen atoms in total. The molecule has 0 saturated heterocycles. The summed E-state index contributed by atoms with van der Waals surface area (Å²) >= 11 is 0. The molecule has 0 saturated carbocycles. The third-order valence-electron chi connectivity index (χ3n) is 3.84. The maximum Gasteiger partial charge on any atom is 0.331 e. The van der Waals surface area contributed by atoms with Crippen molar-refractivity contribution in [3.05, 3.63) is 44.8 Å². The van der Waals surface area contributed by atoms with Crippen LogP contribution in [0.2, 0.25) is 0 Å². The lowest BCUT2D eigenvalue weighted by atomic mass is 10.2. The van der Waals surface area contributed by atoms with Gasteiger partial charge in [0.1, 0.15) is 5.82 Å². The molecule has 0 aliphatic carbocycles. The number of aromatic nitrogens is 5. The summed E-state index contributed by atoms with van der Waals surface area (Å²) in [5, 5.41) is 8.32. The average molecular weight is 289 g/mol. The lowest BCUT2D eigenvalue weighted by Gasteiger charge is -2.15. The highest BCUT2D eigenvalue weighted by Crippen LogP contribution is 2.14. The van der Waals surface area contributed by atoms with Crippen molar-refractivity contribution >= 4 is 0 Å². The smallest absolute Gasteiger partial charge is 0.313 e. The second-order valence-corrected chi connectivity index (χ2v) is 5.36. The maximum atomic E-state index is 12.3. The molecule has 0 atom stereocenters. The Balaban J connectivity index is 1.98. The van der Waals surface area contributed by atoms with Crippen LogP contribution in [0.5, 0.6) is 0 Å². The number of hydrogen-bond acceptors (Lipinski definition) is 4. The first-order valence-corrected chi connectivity index (χ1v) is 7.42. The van der Waals surface area contributed by atoms with E-state index < -0.39 is 0 Å². The lowest BCUT2D eigenvalue weighted by Crippen LogP contribution is -2.39. The van der Waals surface area contributed by atoms with Gasteiger partial charge in [-0.25, -0.2) is 4.79 Å². The summed E-state index contributed by atoms with van der Waals surface area (Å²) < 4.78 is 4.84. The first-order valence-electron chi connectivity index (χ1n) is 7.42. The van der Waals surface area contributed by atoms with Crippen molar-refractivity contribution in [2.45, 2.75) is 52.2 Å². The van der Waals surface area contributed by atoms with Crippen LogP contribution in [-0.4, -0.2) is 23.9 Å². The molecule has 3 rings (SSSR count). The number of rotatable bonds is 4. The van der Waals surface area contributed by atoms with Gasteiger partial charge in [0.15, 0.2) is 5.82 Å². The predicted octanol–water partition coefficient (Wildman–Crippen LogP) is 0.396. The number of aryl methyl sites for hydroxylation is 2. The summed E-state index contributed by atoms with van der Waals surface area (Å²) in [7, 11) is 0. The zero-order valence-corrected chi connectivity index (χ0v) is 12.2. The van der Waals surface area contributed by atoms with E-state index in [9.17, 15) is 9.59 Å². The third-order valence-corrected chi connectivity index (χ3v) is 3.84. The van der Waals surface area contributed by atoms with Gasteiger partial charge in [0.05, 0.1) is 6.54 Å². The van der Waals surface area contributed by atoms with Gasteiger partial charge >= 0.3 is 5.69 Å². The summed E-state index contributed by atoms with van der Waals surface area (Å²) in [4.78, 5) is 24.3. The van der Waals surface area contributed by atoms with Crippen molar-refractivity contribution in [2.75, 3.05) is 0 Å². The van der Waals surface area contributed by atoms with Crippen molar-refractivity contribution in [3.63, 3.8) is 0 Å². The molecule has 0 radical (unpaired) electrons. The Labute approximate surface area is 121 Å². The Morgan fingerprint density at radius 3 is 2.90 bits per heavy atom. The molecule has 7 heteroatoms. The Morgan fingerprint density at radius 1 is 1.24 bits per heavy atom. The van der Waals surface area contributed by atoms with Crippen LogP contribution in [0.1, 0.15) is 37.8 Å². The number of nitrogens with zero attached hydrogens (tertiary/aromatic N) is 5. The topological polar surface area (TPSA) is 74.7 Å². The van der Waals surface area contributed by atoms with E-state index in [4.69, 9.17) is 0 Å². The molecule has 0 aromatic carbocycles. The summed E-state index contributed by atoms with van der Waals surface area (Å²) in [5.41, 5.74) is -0.571. The molecule has 1 aliphatic heterocycles. The first-order chi connectivity index (χ1) is 10.2. The lowest BCUT2D eigenvalue weighted by molar-refractivity contribution is 0.491. The SMILES string of the molecule is CCCn1ccc(=O)n(Cc2nnc3n2CCCC3)c1=O. The van der Waals surface area contributed by atoms with E-state index in [0.29, 0.717) is 12.4 Å². The minimum absolute atomic E-state index is 0.190. The van der Waals surface area contributed by atoms with Gasteiger partial charge in [0.25, 0.3) is 5.56 Å². The van der Waals surface area contributed by atoms with Crippen LogP contribution in [0.15, 0.2) is 21.9 Å². The molecule has 0 unspecified atom stereocenters. The minimum atomic E-state index is -0.291. The van der Waals surface area contributed by atoms with E-state index in [1.165, 1.54) is 10.6 Å². The minimum Gasteiger partial charge on any atom is -0.313 e. The van der Waals surface area contributed by atoms with E-state index in [0.717, 1.165) is 38.1 Å². The normalized spacial score (nSPS) is 14.1. The largest absolute Gasteiger partial charge is 0.331 e. The van der Waals surface area contributed by atoms with Crippen LogP contribution in [0.25, 0.3) is 0 Å². The van der Waals surface area contributed by atoms with Crippen LogP contribution in [0.4, 0.5) is 0 Å². The fraction of sp³-hybridized carbons (Fsp3) is 0.571. The average Bonchev–Trinajstić information content (AvgIpc) is 2.90. The second-order valence-electron chi connectivity index (χ2n) is 5.36. The van der Waals surface area contributed by atoms with Crippen LogP contribution >= 0.6 is 0 Å². The molecule has 0 spiro atoms. The van der Waals surface area contributed by atoms with E-state index in [1.807, 2.05) is 11.5 Å². The van der Waals surface area contributed by atoms with Gasteiger partial charge in [-0.2, -0.15) is 0 Å². The van der Waals surface area contributed by atoms with Crippen molar-refractivity contribution < 1.29 is 0 Å².